The normalized spacial score (nSPS) is 12.0. The molecule has 6 heteroatoms. The van der Waals surface area contributed by atoms with E-state index in [9.17, 15) is 0 Å². The van der Waals surface area contributed by atoms with Gasteiger partial charge in [-0.3, -0.25) is 0 Å². The van der Waals surface area contributed by atoms with Crippen molar-refractivity contribution in [2.75, 3.05) is 0 Å². The van der Waals surface area contributed by atoms with Gasteiger partial charge in [-0.15, -0.1) is 0 Å². The summed E-state index contributed by atoms with van der Waals surface area (Å²) in [7, 11) is 0. The van der Waals surface area contributed by atoms with E-state index >= 15 is 8.78 Å². The molecule has 0 fully saturated rings. The van der Waals surface area contributed by atoms with Crippen LogP contribution in [0.5, 0.6) is 0 Å². The van der Waals surface area contributed by atoms with Gasteiger partial charge in [-0.2, -0.15) is 0 Å². The number of H-pyrrole nitrogens is 2. The van der Waals surface area contributed by atoms with Crippen LogP contribution in [0, 0.1) is 11.6 Å². The highest BCUT2D eigenvalue weighted by Gasteiger charge is 2.25. The number of aromatic amines is 2. The minimum absolute atomic E-state index is 0.100. The standard InChI is InChI=1S/C36H20F2N4/c37-31-33-23-13-5-3-11-21(23)29(40-33)17-27-19-9-1-2-10-20(19)28(39-27)18-30-22-12-4-6-14-24(22)34(41-30)32(38)36-26-16-8-7-15-25(26)35(31)42-36/h1-18,40-41H. The van der Waals surface area contributed by atoms with Crippen LogP contribution in [0.15, 0.2) is 109 Å². The smallest absolute Gasteiger partial charge is 0.173 e. The summed E-state index contributed by atoms with van der Waals surface area (Å²) in [5.74, 6) is -1.08. The molecule has 0 saturated carbocycles. The van der Waals surface area contributed by atoms with Gasteiger partial charge in [0.05, 0.1) is 22.4 Å². The SMILES string of the molecule is Fc1c2nc(c(F)c3[nH]c(cc4nc(cc5[nH]c1c1ccccc51)-c1ccccc1-4)c1ccccc31)-c1ccccc1-2. The molecule has 42 heavy (non-hydrogen) atoms. The van der Waals surface area contributed by atoms with Gasteiger partial charge < -0.3 is 9.97 Å². The average Bonchev–Trinajstić information content (AvgIpc) is 3.79. The number of benzene rings is 4. The first-order valence-corrected chi connectivity index (χ1v) is 13.7. The number of fused-ring (bicyclic) bond motifs is 20. The van der Waals surface area contributed by atoms with Crippen molar-refractivity contribution in [1.82, 2.24) is 19.9 Å². The first kappa shape index (κ1) is 23.1. The zero-order chi connectivity index (χ0) is 27.9. The van der Waals surface area contributed by atoms with Crippen LogP contribution in [0.4, 0.5) is 8.78 Å². The van der Waals surface area contributed by atoms with Gasteiger partial charge in [-0.25, -0.2) is 18.7 Å². The predicted molar refractivity (Wildman–Crippen MR) is 165 cm³/mol. The molecule has 5 heterocycles. The fourth-order valence-electron chi connectivity index (χ4n) is 6.36. The first-order chi connectivity index (χ1) is 20.7. The Bertz CT molecular complexity index is 2290. The summed E-state index contributed by atoms with van der Waals surface area (Å²) in [6, 6.07) is 34.5. The summed E-state index contributed by atoms with van der Waals surface area (Å²) >= 11 is 0. The maximum atomic E-state index is 16.7. The fourth-order valence-corrected chi connectivity index (χ4v) is 6.36. The van der Waals surface area contributed by atoms with Gasteiger partial charge in [-0.1, -0.05) is 97.1 Å². The minimum atomic E-state index is -0.542. The summed E-state index contributed by atoms with van der Waals surface area (Å²) in [5.41, 5.74) is 6.83. The minimum Gasteiger partial charge on any atom is -0.352 e. The Morgan fingerprint density at radius 2 is 0.810 bits per heavy atom. The molecule has 2 aliphatic heterocycles. The van der Waals surface area contributed by atoms with E-state index in [1.54, 1.807) is 12.1 Å². The summed E-state index contributed by atoms with van der Waals surface area (Å²) in [6.07, 6.45) is 0. The fraction of sp³-hybridized carbons (Fsp3) is 0. The Kier molecular flexibility index (Phi) is 4.65. The number of nitrogens with one attached hydrogen (secondary N) is 2. The van der Waals surface area contributed by atoms with Gasteiger partial charge in [0.2, 0.25) is 0 Å². The first-order valence-electron chi connectivity index (χ1n) is 13.7. The predicted octanol–water partition coefficient (Wildman–Crippen LogP) is 9.57. The second kappa shape index (κ2) is 8.44. The Balaban J connectivity index is 1.56. The maximum absolute atomic E-state index is 16.7. The Hall–Kier alpha value is -5.62. The molecule has 0 radical (unpaired) electrons. The third-order valence-corrected chi connectivity index (χ3v) is 8.29. The molecule has 0 atom stereocenters. The van der Waals surface area contributed by atoms with E-state index < -0.39 is 11.6 Å². The zero-order valence-corrected chi connectivity index (χ0v) is 22.0. The van der Waals surface area contributed by atoms with Gasteiger partial charge in [0.15, 0.2) is 11.6 Å². The lowest BCUT2D eigenvalue weighted by atomic mass is 10.0. The molecular formula is C36H20F2N4. The van der Waals surface area contributed by atoms with Crippen molar-refractivity contribution in [2.45, 2.75) is 0 Å². The van der Waals surface area contributed by atoms with E-state index in [-0.39, 0.29) is 11.4 Å². The van der Waals surface area contributed by atoms with Crippen molar-refractivity contribution in [1.29, 1.82) is 0 Å². The number of aromatic nitrogens is 4. The molecule has 7 aromatic rings. The molecule has 198 valence electrons. The van der Waals surface area contributed by atoms with Gasteiger partial charge in [0.1, 0.15) is 11.4 Å². The molecule has 0 amide bonds. The molecule has 0 unspecified atom stereocenters. The van der Waals surface area contributed by atoms with Crippen LogP contribution >= 0.6 is 0 Å². The van der Waals surface area contributed by atoms with Crippen molar-refractivity contribution in [3.8, 4) is 45.0 Å². The largest absolute Gasteiger partial charge is 0.352 e. The third kappa shape index (κ3) is 3.14. The quantitative estimate of drug-likeness (QED) is 0.199. The van der Waals surface area contributed by atoms with Crippen molar-refractivity contribution in [2.24, 2.45) is 0 Å². The van der Waals surface area contributed by atoms with E-state index in [4.69, 9.17) is 4.98 Å². The van der Waals surface area contributed by atoms with Crippen molar-refractivity contribution < 1.29 is 8.78 Å². The molecule has 8 bridgehead atoms. The van der Waals surface area contributed by atoms with Crippen molar-refractivity contribution >= 4 is 43.6 Å². The Labute approximate surface area is 238 Å². The summed E-state index contributed by atoms with van der Waals surface area (Å²) in [6.45, 7) is 0. The number of hydrogen-bond donors (Lipinski definition) is 2. The Morgan fingerprint density at radius 3 is 1.26 bits per heavy atom. The topological polar surface area (TPSA) is 57.4 Å². The van der Waals surface area contributed by atoms with Crippen molar-refractivity contribution in [3.05, 3.63) is 121 Å². The molecule has 0 saturated heterocycles. The van der Waals surface area contributed by atoms with Crippen LogP contribution in [-0.2, 0) is 0 Å². The third-order valence-electron chi connectivity index (χ3n) is 8.29. The molecule has 9 rings (SSSR count). The number of halogens is 2. The number of rotatable bonds is 0. The lowest BCUT2D eigenvalue weighted by Gasteiger charge is -2.00. The molecular weight excluding hydrogens is 526 g/mol. The molecule has 4 nitrogen and oxygen atoms in total. The van der Waals surface area contributed by atoms with Gasteiger partial charge in [-0.05, 0) is 12.1 Å². The zero-order valence-electron chi connectivity index (χ0n) is 22.0. The van der Waals surface area contributed by atoms with Crippen molar-refractivity contribution in [3.63, 3.8) is 0 Å². The van der Waals surface area contributed by atoms with Crippen LogP contribution in [0.1, 0.15) is 0 Å². The molecule has 3 aromatic heterocycles. The molecule has 0 aliphatic carbocycles. The average molecular weight is 547 g/mol. The lowest BCUT2D eigenvalue weighted by Crippen LogP contribution is -1.84. The van der Waals surface area contributed by atoms with Gasteiger partial charge in [0.25, 0.3) is 0 Å². The maximum Gasteiger partial charge on any atom is 0.173 e. The van der Waals surface area contributed by atoms with Crippen LogP contribution < -0.4 is 0 Å². The van der Waals surface area contributed by atoms with E-state index in [0.717, 1.165) is 44.3 Å². The van der Waals surface area contributed by atoms with Crippen LogP contribution in [0.25, 0.3) is 88.6 Å². The Morgan fingerprint density at radius 1 is 0.429 bits per heavy atom. The lowest BCUT2D eigenvalue weighted by molar-refractivity contribution is 0.632. The molecule has 2 aliphatic rings. The monoisotopic (exact) mass is 546 g/mol. The second-order valence-corrected chi connectivity index (χ2v) is 10.6. The number of hydrogen-bond acceptors (Lipinski definition) is 2. The van der Waals surface area contributed by atoms with E-state index in [2.05, 4.69) is 15.0 Å². The second-order valence-electron chi connectivity index (χ2n) is 10.6. The molecule has 0 spiro atoms. The summed E-state index contributed by atoms with van der Waals surface area (Å²) in [5, 5.41) is 3.15. The van der Waals surface area contributed by atoms with Gasteiger partial charge >= 0.3 is 0 Å². The molecule has 2 N–H and O–H groups in total. The highest BCUT2D eigenvalue weighted by Crippen LogP contribution is 2.42. The van der Waals surface area contributed by atoms with Gasteiger partial charge in [0, 0.05) is 54.8 Å². The van der Waals surface area contributed by atoms with E-state index in [1.165, 1.54) is 0 Å². The molecule has 4 aromatic carbocycles. The number of nitrogens with zero attached hydrogens (tertiary/aromatic N) is 2. The van der Waals surface area contributed by atoms with E-state index in [1.807, 2.05) is 97.1 Å². The summed E-state index contributed by atoms with van der Waals surface area (Å²) < 4.78 is 33.3. The van der Waals surface area contributed by atoms with Crippen LogP contribution in [0.3, 0.4) is 0 Å². The van der Waals surface area contributed by atoms with Crippen LogP contribution in [0.2, 0.25) is 0 Å². The highest BCUT2D eigenvalue weighted by atomic mass is 19.1. The highest BCUT2D eigenvalue weighted by molar-refractivity contribution is 6.10. The van der Waals surface area contributed by atoms with E-state index in [0.29, 0.717) is 32.9 Å². The summed E-state index contributed by atoms with van der Waals surface area (Å²) in [4.78, 5) is 16.3. The van der Waals surface area contributed by atoms with Crippen LogP contribution in [-0.4, -0.2) is 19.9 Å².